The number of ether oxygens (including phenoxy) is 1. The number of nitrogens with zero attached hydrogens (tertiary/aromatic N) is 4. The van der Waals surface area contributed by atoms with Crippen LogP contribution in [0.4, 0.5) is 5.82 Å². The molecule has 1 atom stereocenters. The van der Waals surface area contributed by atoms with Gasteiger partial charge in [0.2, 0.25) is 0 Å². The molecule has 1 N–H and O–H groups in total. The summed E-state index contributed by atoms with van der Waals surface area (Å²) < 4.78 is 5.60. The van der Waals surface area contributed by atoms with Crippen LogP contribution in [0.5, 0.6) is 0 Å². The molecular weight excluding hydrogens is 448 g/mol. The predicted octanol–water partition coefficient (Wildman–Crippen LogP) is 4.64. The minimum absolute atomic E-state index is 0.316. The van der Waals surface area contributed by atoms with Crippen LogP contribution in [-0.4, -0.2) is 65.9 Å². The summed E-state index contributed by atoms with van der Waals surface area (Å²) in [7, 11) is 1.72. The predicted molar refractivity (Wildman–Crippen MR) is 146 cm³/mol. The lowest BCUT2D eigenvalue weighted by Crippen LogP contribution is -2.49. The first kappa shape index (κ1) is 26.0. The van der Waals surface area contributed by atoms with Crippen LogP contribution in [0.1, 0.15) is 35.2 Å². The maximum absolute atomic E-state index is 10.4. The van der Waals surface area contributed by atoms with Gasteiger partial charge in [0.1, 0.15) is 5.82 Å². The van der Waals surface area contributed by atoms with Crippen LogP contribution in [-0.2, 0) is 17.8 Å². The molecule has 0 spiro atoms. The molecule has 0 saturated carbocycles. The van der Waals surface area contributed by atoms with Crippen LogP contribution in [0.2, 0.25) is 0 Å². The van der Waals surface area contributed by atoms with Crippen LogP contribution < -0.4 is 4.90 Å². The fourth-order valence-corrected chi connectivity index (χ4v) is 4.68. The Morgan fingerprint density at radius 1 is 1.03 bits per heavy atom. The number of aryl methyl sites for hydroxylation is 1. The summed E-state index contributed by atoms with van der Waals surface area (Å²) in [5.41, 5.74) is 5.54. The lowest BCUT2D eigenvalue weighted by atomic mass is 10.0. The van der Waals surface area contributed by atoms with Crippen molar-refractivity contribution in [3.05, 3.63) is 89.6 Å². The first-order chi connectivity index (χ1) is 17.6. The number of methoxy groups -OCH3 is 1. The summed E-state index contributed by atoms with van der Waals surface area (Å²) in [6.45, 7) is 10.5. The smallest absolute Gasteiger partial charge is 0.161 e. The average Bonchev–Trinajstić information content (AvgIpc) is 2.90. The Kier molecular flexibility index (Phi) is 9.23. The van der Waals surface area contributed by atoms with Gasteiger partial charge in [0.05, 0.1) is 18.4 Å². The minimum Gasteiger partial charge on any atom is -0.392 e. The van der Waals surface area contributed by atoms with E-state index in [2.05, 4.69) is 59.7 Å². The fourth-order valence-electron chi connectivity index (χ4n) is 4.68. The first-order valence-corrected chi connectivity index (χ1v) is 12.8. The number of aliphatic hydroxyl groups is 1. The van der Waals surface area contributed by atoms with Crippen molar-refractivity contribution in [1.29, 1.82) is 0 Å². The van der Waals surface area contributed by atoms with E-state index in [1.807, 2.05) is 24.3 Å². The molecule has 4 rings (SSSR count). The second kappa shape index (κ2) is 12.8. The number of anilines is 1. The summed E-state index contributed by atoms with van der Waals surface area (Å²) in [4.78, 5) is 14.8. The summed E-state index contributed by atoms with van der Waals surface area (Å²) >= 11 is 0. The average molecular weight is 487 g/mol. The van der Waals surface area contributed by atoms with Gasteiger partial charge in [-0.1, -0.05) is 66.2 Å². The van der Waals surface area contributed by atoms with Gasteiger partial charge in [-0.15, -0.1) is 6.58 Å². The number of β-amino-alcohol motifs (C(OH)–C–C–N with tert-alkyl or cyclic N) is 1. The van der Waals surface area contributed by atoms with Crippen molar-refractivity contribution in [2.24, 2.45) is 0 Å². The molecule has 1 fully saturated rings. The second-order valence-electron chi connectivity index (χ2n) is 9.56. The Morgan fingerprint density at radius 3 is 2.42 bits per heavy atom. The number of allylic oxidation sites excluding steroid dienone is 1. The normalized spacial score (nSPS) is 15.1. The lowest BCUT2D eigenvalue weighted by Gasteiger charge is -2.37. The van der Waals surface area contributed by atoms with Crippen molar-refractivity contribution in [2.75, 3.05) is 44.7 Å². The van der Waals surface area contributed by atoms with Crippen molar-refractivity contribution in [3.8, 4) is 11.4 Å². The Hall–Kier alpha value is -3.06. The Balaban J connectivity index is 1.64. The maximum atomic E-state index is 10.4. The summed E-state index contributed by atoms with van der Waals surface area (Å²) in [5.74, 6) is 1.72. The van der Waals surface area contributed by atoms with E-state index in [9.17, 15) is 5.11 Å². The SMILES string of the molecule is C=CCC[C@H](O)CN1CCN(c2nc(-c3ccccc3)nc(COC)c2Cc2ccc(C)cc2)CC1. The van der Waals surface area contributed by atoms with Gasteiger partial charge in [-0.2, -0.15) is 0 Å². The van der Waals surface area contributed by atoms with Crippen LogP contribution in [0.3, 0.4) is 0 Å². The highest BCUT2D eigenvalue weighted by atomic mass is 16.5. The Labute approximate surface area is 215 Å². The molecule has 6 nitrogen and oxygen atoms in total. The number of rotatable bonds is 11. The van der Waals surface area contributed by atoms with E-state index in [1.54, 1.807) is 7.11 Å². The molecular formula is C30H38N4O2. The maximum Gasteiger partial charge on any atom is 0.161 e. The Bertz CT molecular complexity index is 1110. The molecule has 2 aromatic carbocycles. The fraction of sp³-hybridized carbons (Fsp3) is 0.400. The molecule has 1 aromatic heterocycles. The number of benzene rings is 2. The van der Waals surface area contributed by atoms with E-state index in [0.717, 1.165) is 73.9 Å². The van der Waals surface area contributed by atoms with Crippen molar-refractivity contribution in [3.63, 3.8) is 0 Å². The van der Waals surface area contributed by atoms with E-state index >= 15 is 0 Å². The van der Waals surface area contributed by atoms with Gasteiger partial charge in [-0.05, 0) is 25.3 Å². The third-order valence-electron chi connectivity index (χ3n) is 6.73. The van der Waals surface area contributed by atoms with E-state index < -0.39 is 0 Å². The van der Waals surface area contributed by atoms with Gasteiger partial charge >= 0.3 is 0 Å². The van der Waals surface area contributed by atoms with Crippen LogP contribution in [0.25, 0.3) is 11.4 Å². The van der Waals surface area contributed by atoms with E-state index in [4.69, 9.17) is 14.7 Å². The van der Waals surface area contributed by atoms with Crippen molar-refractivity contribution in [1.82, 2.24) is 14.9 Å². The van der Waals surface area contributed by atoms with Crippen LogP contribution in [0.15, 0.2) is 67.3 Å². The third kappa shape index (κ3) is 6.78. The first-order valence-electron chi connectivity index (χ1n) is 12.8. The van der Waals surface area contributed by atoms with Crippen molar-refractivity contribution < 1.29 is 9.84 Å². The Morgan fingerprint density at radius 2 is 1.75 bits per heavy atom. The topological polar surface area (TPSA) is 61.7 Å². The summed E-state index contributed by atoms with van der Waals surface area (Å²) in [6, 6.07) is 18.8. The highest BCUT2D eigenvalue weighted by Gasteiger charge is 2.25. The number of aromatic nitrogens is 2. The molecule has 2 heterocycles. The molecule has 1 aliphatic heterocycles. The zero-order valence-corrected chi connectivity index (χ0v) is 21.6. The zero-order valence-electron chi connectivity index (χ0n) is 21.6. The standard InChI is InChI=1S/C30H38N4O2/c1-4-5-11-26(35)21-33-16-18-34(19-17-33)30-27(20-24-14-12-23(2)13-15-24)28(22-36-3)31-29(32-30)25-9-7-6-8-10-25/h4,6-10,12-15,26,35H,1,5,11,16-22H2,2-3H3/t26-/m0/s1. The van der Waals surface area contributed by atoms with Gasteiger partial charge < -0.3 is 14.7 Å². The van der Waals surface area contributed by atoms with Gasteiger partial charge in [0.25, 0.3) is 0 Å². The molecule has 0 unspecified atom stereocenters. The molecule has 0 aliphatic carbocycles. The molecule has 190 valence electrons. The molecule has 1 aliphatic rings. The van der Waals surface area contributed by atoms with Gasteiger partial charge in [-0.3, -0.25) is 4.90 Å². The third-order valence-corrected chi connectivity index (χ3v) is 6.73. The largest absolute Gasteiger partial charge is 0.392 e. The molecule has 3 aromatic rings. The van der Waals surface area contributed by atoms with Gasteiger partial charge in [0.15, 0.2) is 5.82 Å². The second-order valence-corrected chi connectivity index (χ2v) is 9.56. The van der Waals surface area contributed by atoms with Crippen LogP contribution >= 0.6 is 0 Å². The molecule has 36 heavy (non-hydrogen) atoms. The zero-order chi connectivity index (χ0) is 25.3. The quantitative estimate of drug-likeness (QED) is 0.399. The minimum atomic E-state index is -0.316. The van der Waals surface area contributed by atoms with Gasteiger partial charge in [-0.25, -0.2) is 9.97 Å². The molecule has 0 radical (unpaired) electrons. The molecule has 0 amide bonds. The summed E-state index contributed by atoms with van der Waals surface area (Å²) in [5, 5.41) is 10.4. The highest BCUT2D eigenvalue weighted by molar-refractivity contribution is 5.61. The number of hydrogen-bond acceptors (Lipinski definition) is 6. The van der Waals surface area contributed by atoms with Crippen LogP contribution in [0, 0.1) is 6.92 Å². The van der Waals surface area contributed by atoms with Crippen molar-refractivity contribution in [2.45, 2.75) is 38.9 Å². The van der Waals surface area contributed by atoms with E-state index in [-0.39, 0.29) is 6.10 Å². The van der Waals surface area contributed by atoms with Crippen molar-refractivity contribution >= 4 is 5.82 Å². The molecule has 6 heteroatoms. The van der Waals surface area contributed by atoms with Gasteiger partial charge in [0, 0.05) is 57.4 Å². The lowest BCUT2D eigenvalue weighted by molar-refractivity contribution is 0.103. The monoisotopic (exact) mass is 486 g/mol. The number of hydrogen-bond donors (Lipinski definition) is 1. The van der Waals surface area contributed by atoms with E-state index in [0.29, 0.717) is 13.2 Å². The summed E-state index contributed by atoms with van der Waals surface area (Å²) in [6.07, 6.45) is 3.91. The number of aliphatic hydroxyl groups excluding tert-OH is 1. The highest BCUT2D eigenvalue weighted by Crippen LogP contribution is 2.29. The molecule has 1 saturated heterocycles. The number of piperazine rings is 1. The molecule has 0 bridgehead atoms. The van der Waals surface area contributed by atoms with E-state index in [1.165, 1.54) is 11.1 Å².